The Bertz CT molecular complexity index is 2350. The summed E-state index contributed by atoms with van der Waals surface area (Å²) in [5, 5.41) is 0. The van der Waals surface area contributed by atoms with Crippen LogP contribution in [0.4, 0.5) is 76.1 Å². The Morgan fingerprint density at radius 3 is 0.800 bits per heavy atom. The molecule has 0 aliphatic rings. The van der Waals surface area contributed by atoms with Gasteiger partial charge in [-0.3, -0.25) is 0 Å². The molecule has 0 radical (unpaired) electrons. The Hall–Kier alpha value is -7.62. The zero-order valence-corrected chi connectivity index (χ0v) is 42.4. The Morgan fingerprint density at radius 2 is 0.571 bits per heavy atom. The summed E-state index contributed by atoms with van der Waals surface area (Å²) in [6.45, 7) is 21.8. The minimum absolute atomic E-state index is 0.0228. The summed E-state index contributed by atoms with van der Waals surface area (Å²) >= 11 is 0. The smallest absolute Gasteiger partial charge is 0.443 e. The van der Waals surface area contributed by atoms with Gasteiger partial charge in [-0.1, -0.05) is 0 Å². The highest BCUT2D eigenvalue weighted by Crippen LogP contribution is 2.36. The highest BCUT2D eigenvalue weighted by atomic mass is 16.7. The molecular formula is C54H68N6O10. The van der Waals surface area contributed by atoms with Crippen LogP contribution in [0.2, 0.25) is 0 Å². The van der Waals surface area contributed by atoms with E-state index in [2.05, 4.69) is 0 Å². The first-order valence-electron chi connectivity index (χ1n) is 23.0. The number of nitrogen functional groups attached to an aromatic ring is 2. The van der Waals surface area contributed by atoms with Crippen LogP contribution in [0.3, 0.4) is 0 Å². The minimum Gasteiger partial charge on any atom is -0.443 e. The lowest BCUT2D eigenvalue weighted by atomic mass is 10.1. The maximum absolute atomic E-state index is 13.7. The molecule has 5 aromatic rings. The molecular weight excluding hydrogens is 893 g/mol. The minimum atomic E-state index is -0.799. The van der Waals surface area contributed by atoms with Crippen molar-refractivity contribution in [3.05, 3.63) is 121 Å². The average molecular weight is 961 g/mol. The van der Waals surface area contributed by atoms with Crippen LogP contribution in [-0.4, -0.2) is 73.2 Å². The van der Waals surface area contributed by atoms with E-state index < -0.39 is 46.9 Å². The third-order valence-corrected chi connectivity index (χ3v) is 9.62. The summed E-state index contributed by atoms with van der Waals surface area (Å²) in [4.78, 5) is 59.5. The predicted molar refractivity (Wildman–Crippen MR) is 276 cm³/mol. The second-order valence-electron chi connectivity index (χ2n) is 20.3. The van der Waals surface area contributed by atoms with Gasteiger partial charge in [0, 0.05) is 34.1 Å². The molecule has 0 fully saturated rings. The lowest BCUT2D eigenvalue weighted by Gasteiger charge is -2.30. The van der Waals surface area contributed by atoms with Crippen LogP contribution in [0.25, 0.3) is 0 Å². The first-order valence-corrected chi connectivity index (χ1v) is 23.0. The van der Waals surface area contributed by atoms with E-state index in [4.69, 9.17) is 39.9 Å². The zero-order chi connectivity index (χ0) is 51.6. The van der Waals surface area contributed by atoms with Crippen LogP contribution in [0.5, 0.6) is 0 Å². The summed E-state index contributed by atoms with van der Waals surface area (Å²) in [7, 11) is 0. The molecule has 0 heterocycles. The van der Waals surface area contributed by atoms with Crippen LogP contribution in [0, 0.1) is 0 Å². The number of carbonyl (C=O) groups is 4. The molecule has 0 aliphatic carbocycles. The Kier molecular flexibility index (Phi) is 16.9. The van der Waals surface area contributed by atoms with Crippen molar-refractivity contribution < 1.29 is 47.6 Å². The van der Waals surface area contributed by atoms with Gasteiger partial charge in [-0.15, -0.1) is 0 Å². The van der Waals surface area contributed by atoms with E-state index >= 15 is 0 Å². The summed E-state index contributed by atoms with van der Waals surface area (Å²) in [5.74, 6) is 0. The molecule has 0 aromatic heterocycles. The summed E-state index contributed by atoms with van der Waals surface area (Å²) in [6.07, 6.45) is -2.73. The lowest BCUT2D eigenvalue weighted by molar-refractivity contribution is -0.00707. The van der Waals surface area contributed by atoms with Crippen molar-refractivity contribution in [2.75, 3.05) is 57.4 Å². The topological polar surface area (TPSA) is 189 Å². The second-order valence-corrected chi connectivity index (χ2v) is 20.3. The first kappa shape index (κ1) is 53.3. The van der Waals surface area contributed by atoms with Gasteiger partial charge >= 0.3 is 24.5 Å². The van der Waals surface area contributed by atoms with E-state index in [1.807, 2.05) is 58.3 Å². The van der Waals surface area contributed by atoms with Gasteiger partial charge in [0.1, 0.15) is 35.6 Å². The molecule has 374 valence electrons. The number of nitrogens with zero attached hydrogens (tertiary/aromatic N) is 4. The highest BCUT2D eigenvalue weighted by molar-refractivity contribution is 5.97. The molecule has 5 aromatic carbocycles. The van der Waals surface area contributed by atoms with Crippen molar-refractivity contribution >= 4 is 81.4 Å². The Morgan fingerprint density at radius 1 is 0.357 bits per heavy atom. The van der Waals surface area contributed by atoms with E-state index in [0.717, 1.165) is 22.7 Å². The van der Waals surface area contributed by atoms with Crippen LogP contribution in [0.15, 0.2) is 121 Å². The molecule has 2 amide bonds. The average Bonchev–Trinajstić information content (AvgIpc) is 3.24. The van der Waals surface area contributed by atoms with Crippen molar-refractivity contribution in [1.29, 1.82) is 0 Å². The number of hydrogen-bond donors (Lipinski definition) is 2. The van der Waals surface area contributed by atoms with Crippen LogP contribution in [-0.2, 0) is 28.4 Å². The molecule has 0 saturated carbocycles. The van der Waals surface area contributed by atoms with E-state index in [1.165, 1.54) is 9.80 Å². The monoisotopic (exact) mass is 960 g/mol. The number of carbonyl (C=O) groups excluding carboxylic acids is 4. The van der Waals surface area contributed by atoms with Crippen molar-refractivity contribution in [1.82, 2.24) is 0 Å². The molecule has 5 rings (SSSR count). The van der Waals surface area contributed by atoms with Gasteiger partial charge in [0.15, 0.2) is 0 Å². The normalized spacial score (nSPS) is 11.7. The fourth-order valence-corrected chi connectivity index (χ4v) is 6.77. The van der Waals surface area contributed by atoms with Crippen molar-refractivity contribution in [3.8, 4) is 0 Å². The Balaban J connectivity index is 1.51. The highest BCUT2D eigenvalue weighted by Gasteiger charge is 2.28. The molecule has 0 unspecified atom stereocenters. The molecule has 16 heteroatoms. The lowest BCUT2D eigenvalue weighted by Crippen LogP contribution is -2.34. The summed E-state index contributed by atoms with van der Waals surface area (Å²) < 4.78 is 33.5. The van der Waals surface area contributed by atoms with Gasteiger partial charge in [-0.25, -0.2) is 29.0 Å². The molecule has 0 spiro atoms. The fraction of sp³-hybridized carbons (Fsp3) is 0.370. The van der Waals surface area contributed by atoms with Gasteiger partial charge in [0.2, 0.25) is 0 Å². The number of anilines is 10. The molecule has 0 bridgehead atoms. The van der Waals surface area contributed by atoms with Crippen LogP contribution >= 0.6 is 0 Å². The molecule has 0 saturated heterocycles. The van der Waals surface area contributed by atoms with Gasteiger partial charge in [0.05, 0.1) is 35.8 Å². The quantitative estimate of drug-likeness (QED) is 0.0607. The number of amides is 2. The maximum Gasteiger partial charge on any atom is 0.508 e. The maximum atomic E-state index is 13.7. The van der Waals surface area contributed by atoms with Gasteiger partial charge in [0.25, 0.3) is 0 Å². The molecule has 4 N–H and O–H groups in total. The number of ether oxygens (including phenoxy) is 6. The van der Waals surface area contributed by atoms with Crippen molar-refractivity contribution in [2.24, 2.45) is 0 Å². The van der Waals surface area contributed by atoms with Crippen LogP contribution < -0.4 is 31.1 Å². The van der Waals surface area contributed by atoms with Crippen LogP contribution in [0.1, 0.15) is 83.1 Å². The van der Waals surface area contributed by atoms with E-state index in [0.29, 0.717) is 34.1 Å². The van der Waals surface area contributed by atoms with Gasteiger partial charge in [-0.2, -0.15) is 0 Å². The largest absolute Gasteiger partial charge is 0.508 e. The summed E-state index contributed by atoms with van der Waals surface area (Å²) in [6, 6.07) is 36.2. The van der Waals surface area contributed by atoms with Crippen molar-refractivity contribution in [3.63, 3.8) is 0 Å². The third kappa shape index (κ3) is 16.3. The van der Waals surface area contributed by atoms with E-state index in [1.54, 1.807) is 156 Å². The Labute approximate surface area is 411 Å². The fourth-order valence-electron chi connectivity index (χ4n) is 6.77. The number of nitrogens with two attached hydrogens (primary N) is 2. The van der Waals surface area contributed by atoms with Gasteiger partial charge in [-0.05, 0) is 204 Å². The second kappa shape index (κ2) is 22.2. The SMILES string of the molecule is CC(C)(C)OC(=O)OCCN(c1ccc(N(CCOC(=O)OC(C)(C)C)c2ccc(N(C(=O)OC(C)(C)C)c3ccc(N)cc3)cc2)cc1)c1ccc(N(C(=O)OC(C)(C)C)c2ccc(N)cc2)cc1. The number of rotatable bonds is 14. The number of hydrogen-bond acceptors (Lipinski definition) is 14. The predicted octanol–water partition coefficient (Wildman–Crippen LogP) is 13.2. The standard InChI is InChI=1S/C54H68N6O10/c1-51(2,3)67-47(61)59(43-17-13-37(55)14-18-43)45-29-25-41(26-30-45)57(33-35-65-49(63)69-53(7,8)9)39-21-23-40(24-22-39)58(34-36-66-50(64)70-54(10,11)12)42-27-31-46(32-28-42)60(48(62)68-52(4,5)6)44-19-15-38(56)16-20-44/h13-32H,33-36,55-56H2,1-12H3. The third-order valence-electron chi connectivity index (χ3n) is 9.62. The molecule has 0 aliphatic heterocycles. The molecule has 0 atom stereocenters. The van der Waals surface area contributed by atoms with Gasteiger partial charge < -0.3 is 49.7 Å². The van der Waals surface area contributed by atoms with E-state index in [9.17, 15) is 19.2 Å². The van der Waals surface area contributed by atoms with Crippen molar-refractivity contribution in [2.45, 2.75) is 105 Å². The number of benzene rings is 5. The summed E-state index contributed by atoms with van der Waals surface area (Å²) in [5.41, 5.74) is 15.2. The first-order chi connectivity index (χ1) is 32.6. The molecule has 16 nitrogen and oxygen atoms in total. The van der Waals surface area contributed by atoms with E-state index in [-0.39, 0.29) is 26.3 Å². The molecule has 70 heavy (non-hydrogen) atoms. The zero-order valence-electron chi connectivity index (χ0n) is 42.4.